The van der Waals surface area contributed by atoms with Crippen molar-refractivity contribution < 1.29 is 29.4 Å². The maximum absolute atomic E-state index is 12.5. The van der Waals surface area contributed by atoms with E-state index in [4.69, 9.17) is 5.73 Å². The van der Waals surface area contributed by atoms with E-state index in [0.717, 1.165) is 33.5 Å². The average molecular weight is 636 g/mol. The summed E-state index contributed by atoms with van der Waals surface area (Å²) in [4.78, 5) is 55.0. The third kappa shape index (κ3) is 6.86. The molecule has 4 rings (SSSR count). The van der Waals surface area contributed by atoms with Crippen molar-refractivity contribution in [3.63, 3.8) is 0 Å². The number of hydrogen-bond donors (Lipinski definition) is 8. The van der Waals surface area contributed by atoms with E-state index in [1.807, 2.05) is 39.8 Å². The van der Waals surface area contributed by atoms with E-state index in [-0.39, 0.29) is 55.4 Å². The predicted octanol–water partition coefficient (Wildman–Crippen LogP) is 3.75. The Kier molecular flexibility index (Phi) is 10.3. The molecule has 2 aliphatic rings. The highest BCUT2D eigenvalue weighted by atomic mass is 32.1. The molecule has 0 saturated carbocycles. The number of allylic oxidation sites excluding steroid dienone is 1. The lowest BCUT2D eigenvalue weighted by atomic mass is 9.94. The number of thiol groups is 1. The van der Waals surface area contributed by atoms with Gasteiger partial charge in [-0.25, -0.2) is 0 Å². The van der Waals surface area contributed by atoms with Crippen molar-refractivity contribution in [1.82, 2.24) is 20.6 Å². The van der Waals surface area contributed by atoms with E-state index in [1.165, 1.54) is 0 Å². The van der Waals surface area contributed by atoms with Crippen LogP contribution in [-0.4, -0.2) is 50.0 Å². The molecule has 240 valence electrons. The molecule has 4 atom stereocenters. The highest BCUT2D eigenvalue weighted by Gasteiger charge is 2.34. The van der Waals surface area contributed by atoms with Crippen molar-refractivity contribution in [2.75, 3.05) is 0 Å². The number of amides is 2. The van der Waals surface area contributed by atoms with E-state index >= 15 is 0 Å². The van der Waals surface area contributed by atoms with Gasteiger partial charge < -0.3 is 36.5 Å². The van der Waals surface area contributed by atoms with Crippen LogP contribution in [0.3, 0.4) is 0 Å². The van der Waals surface area contributed by atoms with Gasteiger partial charge in [0, 0.05) is 65.1 Å². The second-order valence-electron chi connectivity index (χ2n) is 11.7. The van der Waals surface area contributed by atoms with Gasteiger partial charge >= 0.3 is 11.9 Å². The molecule has 11 nitrogen and oxygen atoms in total. The lowest BCUT2D eigenvalue weighted by Gasteiger charge is -2.15. The van der Waals surface area contributed by atoms with Crippen molar-refractivity contribution in [2.45, 2.75) is 71.9 Å². The van der Waals surface area contributed by atoms with Gasteiger partial charge in [-0.15, -0.1) is 0 Å². The minimum absolute atomic E-state index is 0.105. The average Bonchev–Trinajstić information content (AvgIpc) is 3.64. The second-order valence-corrected chi connectivity index (χ2v) is 12.0. The number of carbonyl (C=O) groups is 4. The second kappa shape index (κ2) is 13.8. The Bertz CT molecular complexity index is 1640. The lowest BCUT2D eigenvalue weighted by Crippen LogP contribution is -2.30. The fourth-order valence-corrected chi connectivity index (χ4v) is 6.51. The molecule has 2 aromatic heterocycles. The summed E-state index contributed by atoms with van der Waals surface area (Å²) in [6.45, 7) is 11.3. The molecule has 8 N–H and O–H groups in total. The first-order valence-electron chi connectivity index (χ1n) is 14.9. The van der Waals surface area contributed by atoms with Gasteiger partial charge in [0.25, 0.3) is 5.91 Å². The molecular formula is C33H41N5O6S. The molecule has 4 heterocycles. The Balaban J connectivity index is 1.80. The quantitative estimate of drug-likeness (QED) is 0.154. The number of aromatic nitrogens is 2. The van der Waals surface area contributed by atoms with Crippen LogP contribution >= 0.6 is 12.6 Å². The molecule has 0 spiro atoms. The van der Waals surface area contributed by atoms with Gasteiger partial charge in [-0.05, 0) is 72.9 Å². The summed E-state index contributed by atoms with van der Waals surface area (Å²) in [5.74, 6) is -2.68. The fourth-order valence-electron chi connectivity index (χ4n) is 6.32. The zero-order chi connectivity index (χ0) is 33.2. The van der Waals surface area contributed by atoms with Gasteiger partial charge in [0.1, 0.15) is 0 Å². The number of nitrogens with one attached hydrogen (secondary N) is 4. The summed E-state index contributed by atoms with van der Waals surface area (Å²) in [6, 6.07) is -1.04. The summed E-state index contributed by atoms with van der Waals surface area (Å²) in [7, 11) is 0. The van der Waals surface area contributed by atoms with Crippen LogP contribution in [0.2, 0.25) is 0 Å². The van der Waals surface area contributed by atoms with Crippen LogP contribution in [0.5, 0.6) is 0 Å². The summed E-state index contributed by atoms with van der Waals surface area (Å²) in [5, 5.41) is 26.5. The maximum Gasteiger partial charge on any atom is 0.303 e. The zero-order valence-electron chi connectivity index (χ0n) is 25.9. The number of aromatic amines is 2. The molecule has 0 unspecified atom stereocenters. The van der Waals surface area contributed by atoms with Gasteiger partial charge in [0.2, 0.25) is 5.91 Å². The molecule has 1 fully saturated rings. The number of nitrogens with two attached hydrogens (primary N) is 1. The molecular weight excluding hydrogens is 594 g/mol. The van der Waals surface area contributed by atoms with E-state index < -0.39 is 18.0 Å². The third-order valence-electron chi connectivity index (χ3n) is 9.05. The zero-order valence-corrected chi connectivity index (χ0v) is 26.8. The molecule has 2 amide bonds. The normalized spacial score (nSPS) is 21.6. The van der Waals surface area contributed by atoms with Gasteiger partial charge in [-0.1, -0.05) is 25.7 Å². The smallest absolute Gasteiger partial charge is 0.303 e. The first-order valence-corrected chi connectivity index (χ1v) is 15.4. The lowest BCUT2D eigenvalue weighted by molar-refractivity contribution is -0.138. The molecule has 0 radical (unpaired) electrons. The monoisotopic (exact) mass is 635 g/mol. The van der Waals surface area contributed by atoms with E-state index in [1.54, 1.807) is 11.5 Å². The predicted molar refractivity (Wildman–Crippen MR) is 174 cm³/mol. The minimum atomic E-state index is -0.952. The van der Waals surface area contributed by atoms with Crippen molar-refractivity contribution in [1.29, 1.82) is 0 Å². The number of carboxylic acids is 2. The third-order valence-corrected chi connectivity index (χ3v) is 9.22. The molecule has 0 aromatic carbocycles. The number of H-pyrrole nitrogens is 2. The van der Waals surface area contributed by atoms with Crippen molar-refractivity contribution in [2.24, 2.45) is 17.6 Å². The largest absolute Gasteiger partial charge is 0.481 e. The molecule has 45 heavy (non-hydrogen) atoms. The van der Waals surface area contributed by atoms with Gasteiger partial charge in [0.15, 0.2) is 0 Å². The van der Waals surface area contributed by atoms with Gasteiger partial charge in [-0.2, -0.15) is 12.6 Å². The van der Waals surface area contributed by atoms with Crippen LogP contribution in [0.4, 0.5) is 0 Å². The highest BCUT2D eigenvalue weighted by molar-refractivity contribution is 7.83. The topological polar surface area (TPSA) is 190 Å². The van der Waals surface area contributed by atoms with Crippen molar-refractivity contribution in [3.05, 3.63) is 86.0 Å². The van der Waals surface area contributed by atoms with Crippen molar-refractivity contribution in [3.8, 4) is 0 Å². The van der Waals surface area contributed by atoms with Crippen LogP contribution in [-0.2, 0) is 38.4 Å². The molecule has 2 aromatic rings. The molecule has 1 saturated heterocycles. The van der Waals surface area contributed by atoms with E-state index in [0.29, 0.717) is 34.8 Å². The number of hydrogen-bond acceptors (Lipinski definition) is 6. The van der Waals surface area contributed by atoms with E-state index in [9.17, 15) is 29.4 Å². The summed E-state index contributed by atoms with van der Waals surface area (Å²) < 4.78 is 0. The van der Waals surface area contributed by atoms with Crippen molar-refractivity contribution >= 4 is 42.5 Å². The SMILES string of the molecule is C=CC1=C(C)[C@@H](Cc2[nH]c([C@H](N)c3[nH]c(/C=C4/NC(=O)[C@H](C)[C@H]4/C=C\S)c(C)c3CCC(=O)O)c(CCC(=O)O)c2C)NC1=O. The van der Waals surface area contributed by atoms with E-state index in [2.05, 4.69) is 39.8 Å². The van der Waals surface area contributed by atoms with Crippen LogP contribution in [0, 0.1) is 25.7 Å². The Morgan fingerprint density at radius 2 is 1.62 bits per heavy atom. The van der Waals surface area contributed by atoms with Gasteiger partial charge in [0.05, 0.1) is 12.1 Å². The minimum Gasteiger partial charge on any atom is -0.481 e. The number of rotatable bonds is 13. The highest BCUT2D eigenvalue weighted by Crippen LogP contribution is 2.35. The van der Waals surface area contributed by atoms with Crippen LogP contribution in [0.25, 0.3) is 6.08 Å². The Morgan fingerprint density at radius 3 is 2.18 bits per heavy atom. The maximum atomic E-state index is 12.5. The number of carboxylic acid groups (broad SMARTS) is 2. The van der Waals surface area contributed by atoms with Crippen LogP contribution in [0.15, 0.2) is 41.0 Å². The summed E-state index contributed by atoms with van der Waals surface area (Å²) in [6.07, 6.45) is 5.89. The molecule has 12 heteroatoms. The molecule has 2 aliphatic heterocycles. The van der Waals surface area contributed by atoms with Crippen LogP contribution in [0.1, 0.15) is 77.8 Å². The Morgan fingerprint density at radius 1 is 1.02 bits per heavy atom. The molecule has 0 aliphatic carbocycles. The summed E-state index contributed by atoms with van der Waals surface area (Å²) in [5.41, 5.74) is 15.0. The number of aliphatic carboxylic acids is 2. The molecule has 0 bridgehead atoms. The van der Waals surface area contributed by atoms with Crippen LogP contribution < -0.4 is 16.4 Å². The fraction of sp³-hybridized carbons (Fsp3) is 0.394. The van der Waals surface area contributed by atoms with Gasteiger partial charge in [-0.3, -0.25) is 19.2 Å². The Hall–Kier alpha value is -4.29. The standard InChI is InChI=1S/C33H41N5O6S/c1-6-19-15(2)25(37-33(19)44)13-23-16(3)21(7-9-27(39)40)30(35-23)29(34)31-22(8-10-28(41)42)17(4)24(36-31)14-26-20(11-12-45)18(5)32(43)38-26/h6,11-12,14,18,20,25,29,35-36,45H,1,7-10,13,34H2,2-5H3,(H,37,44)(H,38,43)(H,39,40)(H,41,42)/b12-11-,26-14+/t18-,20-,25-,29+/m1/s1. The Labute approximate surface area is 267 Å². The summed E-state index contributed by atoms with van der Waals surface area (Å²) >= 11 is 4.20. The number of carbonyl (C=O) groups excluding carboxylic acids is 2. The first-order chi connectivity index (χ1) is 21.3. The first kappa shape index (κ1) is 33.6.